The minimum absolute atomic E-state index is 0.180. The molecule has 0 aliphatic rings. The molecule has 1 aromatic carbocycles. The van der Waals surface area contributed by atoms with Crippen LogP contribution in [0.15, 0.2) is 35.4 Å². The molecular formula is C14H22N2O2. The predicted octanol–water partition coefficient (Wildman–Crippen LogP) is 2.35. The van der Waals surface area contributed by atoms with Crippen LogP contribution in [-0.4, -0.2) is 45.3 Å². The van der Waals surface area contributed by atoms with Crippen molar-refractivity contribution in [3.63, 3.8) is 0 Å². The van der Waals surface area contributed by atoms with E-state index in [1.54, 1.807) is 14.2 Å². The highest BCUT2D eigenvalue weighted by atomic mass is 16.7. The lowest BCUT2D eigenvalue weighted by Gasteiger charge is -2.15. The molecule has 0 amide bonds. The van der Waals surface area contributed by atoms with Crippen LogP contribution in [0.3, 0.4) is 0 Å². The summed E-state index contributed by atoms with van der Waals surface area (Å²) in [4.78, 5) is 0. The summed E-state index contributed by atoms with van der Waals surface area (Å²) >= 11 is 0. The Kier molecular flexibility index (Phi) is 6.39. The first-order chi connectivity index (χ1) is 8.67. The molecule has 0 heterocycles. The lowest BCUT2D eigenvalue weighted by atomic mass is 10.1. The molecule has 0 aliphatic carbocycles. The zero-order chi connectivity index (χ0) is 13.4. The van der Waals surface area contributed by atoms with E-state index in [1.165, 1.54) is 0 Å². The molecule has 1 aromatic rings. The van der Waals surface area contributed by atoms with E-state index in [-0.39, 0.29) is 6.29 Å². The van der Waals surface area contributed by atoms with E-state index in [0.29, 0.717) is 0 Å². The van der Waals surface area contributed by atoms with Crippen LogP contribution in [0, 0.1) is 0 Å². The third-order valence-electron chi connectivity index (χ3n) is 2.57. The Morgan fingerprint density at radius 2 is 1.78 bits per heavy atom. The normalized spacial score (nSPS) is 11.9. The number of hydrogen-bond donors (Lipinski definition) is 0. The van der Waals surface area contributed by atoms with Gasteiger partial charge in [-0.15, -0.1) is 0 Å². The van der Waals surface area contributed by atoms with Gasteiger partial charge in [-0.25, -0.2) is 0 Å². The van der Waals surface area contributed by atoms with Crippen molar-refractivity contribution in [2.75, 3.05) is 28.3 Å². The highest BCUT2D eigenvalue weighted by molar-refractivity contribution is 6.00. The van der Waals surface area contributed by atoms with E-state index in [4.69, 9.17) is 9.47 Å². The smallest absolute Gasteiger partial charge is 0.157 e. The largest absolute Gasteiger partial charge is 0.356 e. The summed E-state index contributed by atoms with van der Waals surface area (Å²) < 4.78 is 10.4. The topological polar surface area (TPSA) is 34.1 Å². The molecule has 4 heteroatoms. The summed E-state index contributed by atoms with van der Waals surface area (Å²) in [6.45, 7) is 0. The Labute approximate surface area is 109 Å². The Morgan fingerprint density at radius 3 is 2.28 bits per heavy atom. The number of ether oxygens (including phenoxy) is 2. The molecule has 0 radical (unpaired) electrons. The summed E-state index contributed by atoms with van der Waals surface area (Å²) in [6.07, 6.45) is 1.42. The third kappa shape index (κ3) is 4.85. The minimum Gasteiger partial charge on any atom is -0.356 e. The predicted molar refractivity (Wildman–Crippen MR) is 73.7 cm³/mol. The van der Waals surface area contributed by atoms with E-state index in [2.05, 4.69) is 17.2 Å². The van der Waals surface area contributed by atoms with Gasteiger partial charge in [0.2, 0.25) is 0 Å². The molecule has 100 valence electrons. The monoisotopic (exact) mass is 250 g/mol. The second-order valence-corrected chi connectivity index (χ2v) is 4.20. The number of methoxy groups -OCH3 is 2. The molecule has 0 spiro atoms. The standard InChI is InChI=1S/C14H22N2O2/c1-16(2)15-13(10-11-14(17-3)18-4)12-8-6-5-7-9-12/h5-9,14H,10-11H2,1-4H3. The molecule has 0 fully saturated rings. The van der Waals surface area contributed by atoms with Gasteiger partial charge in [0.05, 0.1) is 5.71 Å². The maximum atomic E-state index is 5.20. The van der Waals surface area contributed by atoms with Crippen LogP contribution in [-0.2, 0) is 9.47 Å². The molecule has 0 unspecified atom stereocenters. The lowest BCUT2D eigenvalue weighted by molar-refractivity contribution is -0.104. The number of benzene rings is 1. The van der Waals surface area contributed by atoms with Crippen LogP contribution in [0.4, 0.5) is 0 Å². The number of hydrazone groups is 1. The van der Waals surface area contributed by atoms with Crippen molar-refractivity contribution in [1.82, 2.24) is 5.01 Å². The van der Waals surface area contributed by atoms with Crippen molar-refractivity contribution in [3.05, 3.63) is 35.9 Å². The molecule has 0 N–H and O–H groups in total. The third-order valence-corrected chi connectivity index (χ3v) is 2.57. The SMILES string of the molecule is COC(CCC(=NN(C)C)c1ccccc1)OC. The maximum absolute atomic E-state index is 5.20. The molecule has 0 aromatic heterocycles. The molecule has 0 bridgehead atoms. The Balaban J connectivity index is 2.75. The van der Waals surface area contributed by atoms with Crippen molar-refractivity contribution in [3.8, 4) is 0 Å². The van der Waals surface area contributed by atoms with Crippen LogP contribution >= 0.6 is 0 Å². The number of hydrogen-bond acceptors (Lipinski definition) is 4. The lowest BCUT2D eigenvalue weighted by Crippen LogP contribution is -2.17. The van der Waals surface area contributed by atoms with Gasteiger partial charge in [-0.3, -0.25) is 0 Å². The zero-order valence-electron chi connectivity index (χ0n) is 11.6. The second kappa shape index (κ2) is 7.84. The number of nitrogens with zero attached hydrogens (tertiary/aromatic N) is 2. The first kappa shape index (κ1) is 14.7. The van der Waals surface area contributed by atoms with E-state index in [1.807, 2.05) is 37.3 Å². The highest BCUT2D eigenvalue weighted by Gasteiger charge is 2.10. The van der Waals surface area contributed by atoms with E-state index in [9.17, 15) is 0 Å². The van der Waals surface area contributed by atoms with Gasteiger partial charge in [0, 0.05) is 34.7 Å². The van der Waals surface area contributed by atoms with E-state index in [0.717, 1.165) is 24.1 Å². The van der Waals surface area contributed by atoms with Gasteiger partial charge >= 0.3 is 0 Å². The van der Waals surface area contributed by atoms with Gasteiger partial charge in [0.1, 0.15) is 0 Å². The van der Waals surface area contributed by atoms with Gasteiger partial charge in [0.25, 0.3) is 0 Å². The average Bonchev–Trinajstić information content (AvgIpc) is 2.39. The van der Waals surface area contributed by atoms with Crippen LogP contribution in [0.25, 0.3) is 0 Å². The van der Waals surface area contributed by atoms with Gasteiger partial charge < -0.3 is 14.5 Å². The van der Waals surface area contributed by atoms with E-state index < -0.39 is 0 Å². The molecule has 4 nitrogen and oxygen atoms in total. The van der Waals surface area contributed by atoms with Gasteiger partial charge in [-0.1, -0.05) is 30.3 Å². The molecule has 0 saturated carbocycles. The van der Waals surface area contributed by atoms with Crippen LogP contribution in [0.1, 0.15) is 18.4 Å². The fourth-order valence-electron chi connectivity index (χ4n) is 1.71. The molecule has 1 rings (SSSR count). The Bertz CT molecular complexity index is 359. The summed E-state index contributed by atoms with van der Waals surface area (Å²) in [6, 6.07) is 10.2. The fraction of sp³-hybridized carbons (Fsp3) is 0.500. The van der Waals surface area contributed by atoms with E-state index >= 15 is 0 Å². The maximum Gasteiger partial charge on any atom is 0.157 e. The molecule has 0 saturated heterocycles. The van der Waals surface area contributed by atoms with Crippen molar-refractivity contribution >= 4 is 5.71 Å². The zero-order valence-corrected chi connectivity index (χ0v) is 11.6. The summed E-state index contributed by atoms with van der Waals surface area (Å²) in [7, 11) is 7.15. The fourth-order valence-corrected chi connectivity index (χ4v) is 1.71. The summed E-state index contributed by atoms with van der Waals surface area (Å²) in [5, 5.41) is 6.34. The summed E-state index contributed by atoms with van der Waals surface area (Å²) in [5.41, 5.74) is 2.18. The van der Waals surface area contributed by atoms with Gasteiger partial charge in [-0.2, -0.15) is 5.10 Å². The number of rotatable bonds is 7. The minimum atomic E-state index is -0.180. The van der Waals surface area contributed by atoms with Gasteiger partial charge in [-0.05, 0) is 12.0 Å². The van der Waals surface area contributed by atoms with Crippen LogP contribution in [0.5, 0.6) is 0 Å². The molecule has 0 atom stereocenters. The first-order valence-corrected chi connectivity index (χ1v) is 6.03. The van der Waals surface area contributed by atoms with Crippen molar-refractivity contribution in [1.29, 1.82) is 0 Å². The van der Waals surface area contributed by atoms with Gasteiger partial charge in [0.15, 0.2) is 6.29 Å². The average molecular weight is 250 g/mol. The quantitative estimate of drug-likeness (QED) is 0.423. The van der Waals surface area contributed by atoms with Crippen molar-refractivity contribution < 1.29 is 9.47 Å². The molecular weight excluding hydrogens is 228 g/mol. The van der Waals surface area contributed by atoms with Crippen LogP contribution in [0.2, 0.25) is 0 Å². The van der Waals surface area contributed by atoms with Crippen molar-refractivity contribution in [2.24, 2.45) is 5.10 Å². The van der Waals surface area contributed by atoms with Crippen LogP contribution < -0.4 is 0 Å². The molecule has 18 heavy (non-hydrogen) atoms. The highest BCUT2D eigenvalue weighted by Crippen LogP contribution is 2.10. The first-order valence-electron chi connectivity index (χ1n) is 6.03. The molecule has 0 aliphatic heterocycles. The Morgan fingerprint density at radius 1 is 1.17 bits per heavy atom. The second-order valence-electron chi connectivity index (χ2n) is 4.20. The summed E-state index contributed by atoms with van der Waals surface area (Å²) in [5.74, 6) is 0. The van der Waals surface area contributed by atoms with Crippen molar-refractivity contribution in [2.45, 2.75) is 19.1 Å². The Hall–Kier alpha value is -1.39.